The normalized spacial score (nSPS) is 25.3. The lowest BCUT2D eigenvalue weighted by Crippen LogP contribution is -2.38. The quantitative estimate of drug-likeness (QED) is 0.823. The van der Waals surface area contributed by atoms with Crippen LogP contribution in [0.15, 0.2) is 18.2 Å². The smallest absolute Gasteiger partial charge is 0.163 e. The zero-order valence-electron chi connectivity index (χ0n) is 11.0. The lowest BCUT2D eigenvalue weighted by molar-refractivity contribution is 0.171. The first-order valence-corrected chi connectivity index (χ1v) is 6.49. The molecule has 0 radical (unpaired) electrons. The Morgan fingerprint density at radius 1 is 1.22 bits per heavy atom. The van der Waals surface area contributed by atoms with Crippen molar-refractivity contribution in [1.82, 2.24) is 0 Å². The molecule has 2 aliphatic rings. The molecular weight excluding hydrogens is 228 g/mol. The monoisotopic (exact) mass is 248 g/mol. The van der Waals surface area contributed by atoms with Crippen molar-refractivity contribution < 1.29 is 9.47 Å². The predicted molar refractivity (Wildman–Crippen MR) is 71.4 cm³/mol. The molecule has 4 nitrogen and oxygen atoms in total. The van der Waals surface area contributed by atoms with Gasteiger partial charge < -0.3 is 20.1 Å². The Bertz CT molecular complexity index is 459. The van der Waals surface area contributed by atoms with Crippen molar-refractivity contribution in [2.45, 2.75) is 31.8 Å². The summed E-state index contributed by atoms with van der Waals surface area (Å²) in [7, 11) is 0. The molecule has 1 aromatic carbocycles. The first-order valence-electron chi connectivity index (χ1n) is 6.49. The van der Waals surface area contributed by atoms with Gasteiger partial charge in [0.1, 0.15) is 13.2 Å². The van der Waals surface area contributed by atoms with E-state index in [1.54, 1.807) is 0 Å². The van der Waals surface area contributed by atoms with Crippen molar-refractivity contribution >= 4 is 5.69 Å². The van der Waals surface area contributed by atoms with Gasteiger partial charge >= 0.3 is 0 Å². The molecule has 18 heavy (non-hydrogen) atoms. The van der Waals surface area contributed by atoms with Crippen molar-refractivity contribution in [1.29, 1.82) is 0 Å². The molecule has 1 unspecified atom stereocenters. The van der Waals surface area contributed by atoms with E-state index in [2.05, 4.69) is 30.9 Å². The van der Waals surface area contributed by atoms with Gasteiger partial charge in [-0.2, -0.15) is 0 Å². The summed E-state index contributed by atoms with van der Waals surface area (Å²) in [4.78, 5) is 2.36. The maximum absolute atomic E-state index is 6.08. The number of hydrogen-bond acceptors (Lipinski definition) is 4. The van der Waals surface area contributed by atoms with Crippen LogP contribution in [0.25, 0.3) is 0 Å². The first-order chi connectivity index (χ1) is 8.56. The van der Waals surface area contributed by atoms with Crippen LogP contribution in [0.2, 0.25) is 0 Å². The number of fused-ring (bicyclic) bond motifs is 1. The maximum atomic E-state index is 6.08. The molecule has 3 rings (SSSR count). The van der Waals surface area contributed by atoms with Crippen LogP contribution in [0, 0.1) is 0 Å². The summed E-state index contributed by atoms with van der Waals surface area (Å²) in [6, 6.07) is 6.39. The van der Waals surface area contributed by atoms with E-state index in [1.807, 2.05) is 6.07 Å². The van der Waals surface area contributed by atoms with Crippen LogP contribution in [0.1, 0.15) is 20.3 Å². The molecule has 2 heterocycles. The molecule has 1 saturated heterocycles. The zero-order chi connectivity index (χ0) is 12.8. The summed E-state index contributed by atoms with van der Waals surface area (Å²) >= 11 is 0. The molecule has 0 aliphatic carbocycles. The van der Waals surface area contributed by atoms with E-state index in [0.717, 1.165) is 30.2 Å². The zero-order valence-corrected chi connectivity index (χ0v) is 11.0. The topological polar surface area (TPSA) is 47.7 Å². The lowest BCUT2D eigenvalue weighted by atomic mass is 10.00. The van der Waals surface area contributed by atoms with Crippen LogP contribution in [-0.2, 0) is 0 Å². The minimum Gasteiger partial charge on any atom is -0.486 e. The second-order valence-corrected chi connectivity index (χ2v) is 5.72. The molecule has 1 atom stereocenters. The SMILES string of the molecule is CC1(C)CC(N)CN1c1ccc2c(c1)OCCO2. The highest BCUT2D eigenvalue weighted by atomic mass is 16.6. The Kier molecular flexibility index (Phi) is 2.63. The molecule has 1 fully saturated rings. The molecule has 98 valence electrons. The second kappa shape index (κ2) is 4.05. The van der Waals surface area contributed by atoms with E-state index >= 15 is 0 Å². The number of hydrogen-bond donors (Lipinski definition) is 1. The van der Waals surface area contributed by atoms with Crippen LogP contribution < -0.4 is 20.1 Å². The van der Waals surface area contributed by atoms with Crippen LogP contribution in [0.3, 0.4) is 0 Å². The summed E-state index contributed by atoms with van der Waals surface area (Å²) in [5, 5.41) is 0. The standard InChI is InChI=1S/C14H20N2O2/c1-14(2)8-10(15)9-16(14)11-3-4-12-13(7-11)18-6-5-17-12/h3-4,7,10H,5-6,8-9,15H2,1-2H3. The number of rotatable bonds is 1. The van der Waals surface area contributed by atoms with Crippen molar-refractivity contribution in [3.05, 3.63) is 18.2 Å². The molecule has 0 aromatic heterocycles. The molecule has 0 bridgehead atoms. The molecule has 2 N–H and O–H groups in total. The minimum atomic E-state index is 0.100. The van der Waals surface area contributed by atoms with Crippen molar-refractivity contribution in [2.75, 3.05) is 24.7 Å². The highest BCUT2D eigenvalue weighted by Crippen LogP contribution is 2.38. The van der Waals surface area contributed by atoms with Gasteiger partial charge in [0.2, 0.25) is 0 Å². The van der Waals surface area contributed by atoms with Crippen LogP contribution in [-0.4, -0.2) is 31.3 Å². The van der Waals surface area contributed by atoms with Gasteiger partial charge in [-0.05, 0) is 32.4 Å². The van der Waals surface area contributed by atoms with E-state index in [9.17, 15) is 0 Å². The average Bonchev–Trinajstić information content (AvgIpc) is 2.62. The van der Waals surface area contributed by atoms with Gasteiger partial charge in [0.05, 0.1) is 0 Å². The number of ether oxygens (including phenoxy) is 2. The minimum absolute atomic E-state index is 0.100. The van der Waals surface area contributed by atoms with Crippen LogP contribution in [0.5, 0.6) is 11.5 Å². The van der Waals surface area contributed by atoms with Gasteiger partial charge in [0.25, 0.3) is 0 Å². The predicted octanol–water partition coefficient (Wildman–Crippen LogP) is 1.77. The Labute approximate surface area is 108 Å². The number of benzene rings is 1. The van der Waals surface area contributed by atoms with Gasteiger partial charge in [-0.1, -0.05) is 0 Å². The maximum Gasteiger partial charge on any atom is 0.163 e. The summed E-state index contributed by atoms with van der Waals surface area (Å²) in [6.45, 7) is 6.62. The molecule has 0 spiro atoms. The molecule has 2 aliphatic heterocycles. The van der Waals surface area contributed by atoms with E-state index in [1.165, 1.54) is 0 Å². The molecule has 0 saturated carbocycles. The fourth-order valence-corrected chi connectivity index (χ4v) is 2.95. The first kappa shape index (κ1) is 11.7. The van der Waals surface area contributed by atoms with E-state index in [-0.39, 0.29) is 11.6 Å². The Morgan fingerprint density at radius 3 is 2.61 bits per heavy atom. The molecule has 1 aromatic rings. The largest absolute Gasteiger partial charge is 0.486 e. The van der Waals surface area contributed by atoms with Crippen molar-refractivity contribution in [3.63, 3.8) is 0 Å². The van der Waals surface area contributed by atoms with Crippen molar-refractivity contribution in [3.8, 4) is 11.5 Å². The third-order valence-corrected chi connectivity index (χ3v) is 3.75. The number of nitrogens with two attached hydrogens (primary N) is 1. The third kappa shape index (κ3) is 1.90. The van der Waals surface area contributed by atoms with Gasteiger partial charge in [-0.15, -0.1) is 0 Å². The summed E-state index contributed by atoms with van der Waals surface area (Å²) in [5.41, 5.74) is 7.34. The van der Waals surface area contributed by atoms with Gasteiger partial charge in [0.15, 0.2) is 11.5 Å². The highest BCUT2D eigenvalue weighted by molar-refractivity contribution is 5.59. The number of nitrogens with zero attached hydrogens (tertiary/aromatic N) is 1. The van der Waals surface area contributed by atoms with Crippen LogP contribution in [0.4, 0.5) is 5.69 Å². The summed E-state index contributed by atoms with van der Waals surface area (Å²) in [5.74, 6) is 1.68. The van der Waals surface area contributed by atoms with Gasteiger partial charge in [-0.25, -0.2) is 0 Å². The lowest BCUT2D eigenvalue weighted by Gasteiger charge is -2.34. The summed E-state index contributed by atoms with van der Waals surface area (Å²) in [6.07, 6.45) is 1.02. The van der Waals surface area contributed by atoms with Gasteiger partial charge in [0, 0.05) is 29.9 Å². The Balaban J connectivity index is 1.93. The molecule has 0 amide bonds. The molecular formula is C14H20N2O2. The Morgan fingerprint density at radius 2 is 1.94 bits per heavy atom. The van der Waals surface area contributed by atoms with E-state index in [0.29, 0.717) is 13.2 Å². The fraction of sp³-hybridized carbons (Fsp3) is 0.571. The van der Waals surface area contributed by atoms with E-state index < -0.39 is 0 Å². The summed E-state index contributed by atoms with van der Waals surface area (Å²) < 4.78 is 11.2. The number of anilines is 1. The third-order valence-electron chi connectivity index (χ3n) is 3.75. The molecule has 4 heteroatoms. The Hall–Kier alpha value is -1.42. The van der Waals surface area contributed by atoms with Gasteiger partial charge in [-0.3, -0.25) is 0 Å². The second-order valence-electron chi connectivity index (χ2n) is 5.72. The highest BCUT2D eigenvalue weighted by Gasteiger charge is 2.37. The van der Waals surface area contributed by atoms with Crippen molar-refractivity contribution in [2.24, 2.45) is 5.73 Å². The fourth-order valence-electron chi connectivity index (χ4n) is 2.95. The van der Waals surface area contributed by atoms with E-state index in [4.69, 9.17) is 15.2 Å². The average molecular weight is 248 g/mol. The van der Waals surface area contributed by atoms with Crippen LogP contribution >= 0.6 is 0 Å².